The minimum absolute atomic E-state index is 0.0369. The molecule has 8 heteroatoms. The number of carbonyl (C=O) groups is 2. The monoisotopic (exact) mass is 310 g/mol. The Hall–Kier alpha value is -2.35. The summed E-state index contributed by atoms with van der Waals surface area (Å²) in [5.74, 6) is -1.88. The molecule has 0 bridgehead atoms. The summed E-state index contributed by atoms with van der Waals surface area (Å²) in [6.07, 6.45) is 3.12. The highest BCUT2D eigenvalue weighted by Crippen LogP contribution is 2.28. The molecule has 0 aromatic heterocycles. The molecule has 0 aliphatic rings. The van der Waals surface area contributed by atoms with Crippen molar-refractivity contribution >= 4 is 29.3 Å². The quantitative estimate of drug-likeness (QED) is 0.345. The van der Waals surface area contributed by atoms with Gasteiger partial charge in [0.25, 0.3) is 11.6 Å². The number of amides is 1. The highest BCUT2D eigenvalue weighted by Gasteiger charge is 2.21. The topological polar surface area (TPSA) is 110 Å². The molecule has 0 heterocycles. The van der Waals surface area contributed by atoms with Crippen LogP contribution in [0.5, 0.6) is 0 Å². The summed E-state index contributed by atoms with van der Waals surface area (Å²) >= 11 is 1.19. The number of nitro groups is 1. The van der Waals surface area contributed by atoms with E-state index in [0.29, 0.717) is 4.90 Å². The van der Waals surface area contributed by atoms with Crippen molar-refractivity contribution < 1.29 is 19.6 Å². The zero-order valence-corrected chi connectivity index (χ0v) is 12.1. The molecule has 1 aromatic rings. The maximum absolute atomic E-state index is 12.0. The van der Waals surface area contributed by atoms with Crippen molar-refractivity contribution in [1.82, 2.24) is 5.32 Å². The molecule has 1 aromatic carbocycles. The number of carbonyl (C=O) groups excluding carboxylic acids is 1. The second-order valence-electron chi connectivity index (χ2n) is 4.03. The number of carboxylic acids is 1. The first-order valence-electron chi connectivity index (χ1n) is 5.87. The van der Waals surface area contributed by atoms with E-state index in [1.807, 2.05) is 0 Å². The van der Waals surface area contributed by atoms with Crippen LogP contribution in [0.2, 0.25) is 0 Å². The minimum atomic E-state index is -1.20. The zero-order chi connectivity index (χ0) is 16.0. The lowest BCUT2D eigenvalue weighted by atomic mass is 10.1. The van der Waals surface area contributed by atoms with Crippen LogP contribution >= 0.6 is 11.8 Å². The average molecular weight is 310 g/mol. The highest BCUT2D eigenvalue weighted by atomic mass is 32.2. The summed E-state index contributed by atoms with van der Waals surface area (Å²) in [7, 11) is 0. The number of nitro benzene ring substituents is 1. The average Bonchev–Trinajstić information content (AvgIpc) is 2.45. The van der Waals surface area contributed by atoms with Crippen molar-refractivity contribution in [1.29, 1.82) is 0 Å². The summed E-state index contributed by atoms with van der Waals surface area (Å²) in [5, 5.41) is 22.2. The van der Waals surface area contributed by atoms with E-state index < -0.39 is 22.8 Å². The number of nitrogens with one attached hydrogen (secondary N) is 1. The number of aliphatic carboxylic acids is 1. The molecule has 0 aliphatic carbocycles. The third-order valence-corrected chi connectivity index (χ3v) is 3.43. The molecule has 112 valence electrons. The molecule has 0 saturated heterocycles. The minimum Gasteiger partial charge on any atom is -0.480 e. The van der Waals surface area contributed by atoms with Crippen LogP contribution in [-0.2, 0) is 4.79 Å². The number of nitrogens with zero attached hydrogens (tertiary/aromatic N) is 1. The second kappa shape index (κ2) is 7.44. The largest absolute Gasteiger partial charge is 0.480 e. The van der Waals surface area contributed by atoms with E-state index in [-0.39, 0.29) is 17.7 Å². The number of benzene rings is 1. The van der Waals surface area contributed by atoms with Gasteiger partial charge in [0.05, 0.1) is 9.82 Å². The lowest BCUT2D eigenvalue weighted by Crippen LogP contribution is -2.40. The van der Waals surface area contributed by atoms with Crippen molar-refractivity contribution in [2.45, 2.75) is 17.4 Å². The van der Waals surface area contributed by atoms with Crippen LogP contribution in [0.15, 0.2) is 35.7 Å². The maximum Gasteiger partial charge on any atom is 0.326 e. The summed E-state index contributed by atoms with van der Waals surface area (Å²) in [6.45, 7) is 3.42. The zero-order valence-electron chi connectivity index (χ0n) is 11.2. The third-order valence-electron chi connectivity index (χ3n) is 2.64. The van der Waals surface area contributed by atoms with Crippen LogP contribution in [-0.4, -0.2) is 34.2 Å². The predicted octanol–water partition coefficient (Wildman–Crippen LogP) is 2.08. The fraction of sp³-hybridized carbons (Fsp3) is 0.231. The Morgan fingerprint density at radius 3 is 2.71 bits per heavy atom. The Morgan fingerprint density at radius 2 is 2.24 bits per heavy atom. The first-order chi connectivity index (χ1) is 9.90. The van der Waals surface area contributed by atoms with Crippen LogP contribution in [0.25, 0.3) is 0 Å². The lowest BCUT2D eigenvalue weighted by molar-refractivity contribution is -0.387. The molecule has 1 rings (SSSR count). The summed E-state index contributed by atoms with van der Waals surface area (Å²) in [4.78, 5) is 33.7. The number of hydrogen-bond acceptors (Lipinski definition) is 5. The Balaban J connectivity index is 3.02. The Kier molecular flexibility index (Phi) is 5.92. The van der Waals surface area contributed by atoms with Gasteiger partial charge in [0, 0.05) is 11.6 Å². The van der Waals surface area contributed by atoms with Gasteiger partial charge in [0.1, 0.15) is 6.04 Å². The molecule has 1 unspecified atom stereocenters. The van der Waals surface area contributed by atoms with Gasteiger partial charge in [-0.2, -0.15) is 0 Å². The maximum atomic E-state index is 12.0. The number of thioether (sulfide) groups is 1. The van der Waals surface area contributed by atoms with Crippen LogP contribution in [0.4, 0.5) is 5.69 Å². The molecule has 0 fully saturated rings. The third kappa shape index (κ3) is 4.32. The number of carboxylic acid groups (broad SMARTS) is 1. The van der Waals surface area contributed by atoms with E-state index in [1.165, 1.54) is 30.0 Å². The number of hydrogen-bond donors (Lipinski definition) is 2. The second-order valence-corrected chi connectivity index (χ2v) is 4.88. The van der Waals surface area contributed by atoms with Gasteiger partial charge in [0.2, 0.25) is 0 Å². The van der Waals surface area contributed by atoms with Gasteiger partial charge in [0.15, 0.2) is 0 Å². The van der Waals surface area contributed by atoms with Gasteiger partial charge >= 0.3 is 5.97 Å². The first-order valence-corrected chi connectivity index (χ1v) is 7.10. The van der Waals surface area contributed by atoms with E-state index in [1.54, 1.807) is 6.26 Å². The summed E-state index contributed by atoms with van der Waals surface area (Å²) in [5.41, 5.74) is -0.152. The Bertz CT molecular complexity index is 588. The van der Waals surface area contributed by atoms with E-state index in [2.05, 4.69) is 11.9 Å². The van der Waals surface area contributed by atoms with E-state index >= 15 is 0 Å². The SMILES string of the molecule is C=CCC(NC(=O)c1ccc(SC)c([N+](=O)[O-])c1)C(=O)O. The van der Waals surface area contributed by atoms with Crippen LogP contribution in [0.3, 0.4) is 0 Å². The van der Waals surface area contributed by atoms with Crippen LogP contribution in [0.1, 0.15) is 16.8 Å². The summed E-state index contributed by atoms with van der Waals surface area (Å²) < 4.78 is 0. The van der Waals surface area contributed by atoms with Crippen molar-refractivity contribution in [3.05, 3.63) is 46.5 Å². The van der Waals surface area contributed by atoms with E-state index in [0.717, 1.165) is 6.07 Å². The Labute approximate surface area is 125 Å². The van der Waals surface area contributed by atoms with Gasteiger partial charge < -0.3 is 10.4 Å². The van der Waals surface area contributed by atoms with E-state index in [4.69, 9.17) is 5.11 Å². The molecule has 1 atom stereocenters. The van der Waals surface area contributed by atoms with Crippen molar-refractivity contribution in [3.63, 3.8) is 0 Å². The van der Waals surface area contributed by atoms with Gasteiger partial charge in [-0.25, -0.2) is 4.79 Å². The van der Waals surface area contributed by atoms with Crippen molar-refractivity contribution in [2.24, 2.45) is 0 Å². The van der Waals surface area contributed by atoms with Crippen LogP contribution < -0.4 is 5.32 Å². The van der Waals surface area contributed by atoms with Crippen molar-refractivity contribution in [2.75, 3.05) is 6.26 Å². The molecule has 2 N–H and O–H groups in total. The van der Waals surface area contributed by atoms with Gasteiger partial charge in [-0.3, -0.25) is 14.9 Å². The predicted molar refractivity (Wildman–Crippen MR) is 78.6 cm³/mol. The first kappa shape index (κ1) is 16.7. The van der Waals surface area contributed by atoms with Crippen molar-refractivity contribution in [3.8, 4) is 0 Å². The molecule has 0 spiro atoms. The highest BCUT2D eigenvalue weighted by molar-refractivity contribution is 7.98. The molecule has 0 saturated carbocycles. The smallest absolute Gasteiger partial charge is 0.326 e. The molecule has 0 radical (unpaired) electrons. The summed E-state index contributed by atoms with van der Waals surface area (Å²) in [6, 6.07) is 2.89. The van der Waals surface area contributed by atoms with Crippen LogP contribution in [0, 0.1) is 10.1 Å². The fourth-order valence-corrected chi connectivity index (χ4v) is 2.15. The molecular weight excluding hydrogens is 296 g/mol. The Morgan fingerprint density at radius 1 is 1.57 bits per heavy atom. The molecular formula is C13H14N2O5S. The lowest BCUT2D eigenvalue weighted by Gasteiger charge is -2.12. The number of rotatable bonds is 7. The molecule has 1 amide bonds. The molecule has 21 heavy (non-hydrogen) atoms. The normalized spacial score (nSPS) is 11.5. The molecule has 0 aliphatic heterocycles. The molecule has 7 nitrogen and oxygen atoms in total. The van der Waals surface area contributed by atoms with Gasteiger partial charge in [-0.15, -0.1) is 18.3 Å². The fourth-order valence-electron chi connectivity index (χ4n) is 1.60. The van der Waals surface area contributed by atoms with E-state index in [9.17, 15) is 19.7 Å². The standard InChI is InChI=1S/C13H14N2O5S/c1-3-4-9(13(17)18)14-12(16)8-5-6-11(21-2)10(7-8)15(19)20/h3,5-7,9H,1,4H2,2H3,(H,14,16)(H,17,18). The van der Waals surface area contributed by atoms with Gasteiger partial charge in [-0.1, -0.05) is 6.08 Å². The van der Waals surface area contributed by atoms with Gasteiger partial charge in [-0.05, 0) is 24.8 Å².